The van der Waals surface area contributed by atoms with E-state index in [9.17, 15) is 4.79 Å². The van der Waals surface area contributed by atoms with E-state index in [2.05, 4.69) is 28.9 Å². The number of benzene rings is 1. The van der Waals surface area contributed by atoms with Crippen molar-refractivity contribution in [1.29, 1.82) is 0 Å². The highest BCUT2D eigenvalue weighted by Crippen LogP contribution is 2.26. The lowest BCUT2D eigenvalue weighted by Gasteiger charge is -2.34. The molecule has 1 aliphatic rings. The predicted molar refractivity (Wildman–Crippen MR) is 79.9 cm³/mol. The van der Waals surface area contributed by atoms with Gasteiger partial charge < -0.3 is 19.3 Å². The maximum atomic E-state index is 11.0. The smallest absolute Gasteiger partial charge is 0.335 e. The molecule has 0 atom stereocenters. The third-order valence-corrected chi connectivity index (χ3v) is 4.09. The van der Waals surface area contributed by atoms with Gasteiger partial charge in [-0.15, -0.1) is 0 Å². The van der Waals surface area contributed by atoms with Crippen molar-refractivity contribution < 1.29 is 14.3 Å². The Balaban J connectivity index is 1.80. The van der Waals surface area contributed by atoms with E-state index in [4.69, 9.17) is 9.52 Å². The number of nitrogens with zero attached hydrogens (tertiary/aromatic N) is 3. The Morgan fingerprint density at radius 3 is 2.71 bits per heavy atom. The van der Waals surface area contributed by atoms with Gasteiger partial charge in [-0.2, -0.15) is 4.98 Å². The minimum atomic E-state index is -0.957. The first-order valence-corrected chi connectivity index (χ1v) is 7.10. The van der Waals surface area contributed by atoms with Crippen molar-refractivity contribution in [2.75, 3.05) is 32.1 Å². The van der Waals surface area contributed by atoms with Gasteiger partial charge in [0, 0.05) is 19.1 Å². The summed E-state index contributed by atoms with van der Waals surface area (Å²) >= 11 is 0. The molecule has 0 amide bonds. The van der Waals surface area contributed by atoms with Crippen molar-refractivity contribution in [2.24, 2.45) is 0 Å². The van der Waals surface area contributed by atoms with Gasteiger partial charge in [0.2, 0.25) is 0 Å². The molecule has 1 saturated heterocycles. The van der Waals surface area contributed by atoms with E-state index in [1.165, 1.54) is 6.07 Å². The summed E-state index contributed by atoms with van der Waals surface area (Å²) in [6.45, 7) is 1.81. The normalized spacial score (nSPS) is 16.8. The quantitative estimate of drug-likeness (QED) is 0.932. The molecule has 0 saturated carbocycles. The molecule has 1 aliphatic heterocycles. The Labute approximate surface area is 123 Å². The Bertz CT molecular complexity index is 657. The van der Waals surface area contributed by atoms with Crippen LogP contribution in [0, 0.1) is 0 Å². The molecular weight excluding hydrogens is 270 g/mol. The largest absolute Gasteiger partial charge is 0.478 e. The first-order chi connectivity index (χ1) is 10.0. The number of rotatable bonds is 3. The number of aromatic carboxylic acids is 1. The Hall–Kier alpha value is -2.08. The zero-order valence-corrected chi connectivity index (χ0v) is 12.2. The van der Waals surface area contributed by atoms with Crippen molar-refractivity contribution in [3.05, 3.63) is 23.8 Å². The molecule has 3 rings (SSSR count). The third-order valence-electron chi connectivity index (χ3n) is 4.09. The van der Waals surface area contributed by atoms with Gasteiger partial charge in [-0.05, 0) is 45.1 Å². The second kappa shape index (κ2) is 5.37. The van der Waals surface area contributed by atoms with Crippen LogP contribution in [0.15, 0.2) is 22.6 Å². The number of hydrogen-bond donors (Lipinski definition) is 1. The number of fused-ring (bicyclic) bond motifs is 1. The van der Waals surface area contributed by atoms with Crippen LogP contribution in [0.3, 0.4) is 0 Å². The summed E-state index contributed by atoms with van der Waals surface area (Å²) in [5, 5.41) is 9.00. The second-order valence-electron chi connectivity index (χ2n) is 5.67. The topological polar surface area (TPSA) is 69.8 Å². The maximum Gasteiger partial charge on any atom is 0.335 e. The number of carboxylic acids is 1. The molecule has 6 nitrogen and oxygen atoms in total. The Morgan fingerprint density at radius 2 is 2.10 bits per heavy atom. The molecule has 21 heavy (non-hydrogen) atoms. The van der Waals surface area contributed by atoms with Crippen LogP contribution < -0.4 is 4.90 Å². The van der Waals surface area contributed by atoms with Crippen LogP contribution in [0.2, 0.25) is 0 Å². The van der Waals surface area contributed by atoms with E-state index in [1.54, 1.807) is 12.1 Å². The van der Waals surface area contributed by atoms with Crippen molar-refractivity contribution in [1.82, 2.24) is 9.88 Å². The van der Waals surface area contributed by atoms with Gasteiger partial charge in [0.1, 0.15) is 5.52 Å². The second-order valence-corrected chi connectivity index (χ2v) is 5.67. The van der Waals surface area contributed by atoms with Gasteiger partial charge >= 0.3 is 5.97 Å². The lowest BCUT2D eigenvalue weighted by atomic mass is 10.0. The molecule has 0 radical (unpaired) electrons. The van der Waals surface area contributed by atoms with E-state index >= 15 is 0 Å². The lowest BCUT2D eigenvalue weighted by molar-refractivity contribution is 0.0697. The van der Waals surface area contributed by atoms with Crippen LogP contribution in [0.1, 0.15) is 23.2 Å². The van der Waals surface area contributed by atoms with Gasteiger partial charge in [0.05, 0.1) is 5.56 Å². The van der Waals surface area contributed by atoms with Gasteiger partial charge in [-0.3, -0.25) is 0 Å². The SMILES string of the molecule is CN(C)C1CCN(c2nc3ccc(C(=O)O)cc3o2)CC1. The van der Waals surface area contributed by atoms with E-state index in [0.29, 0.717) is 23.2 Å². The van der Waals surface area contributed by atoms with Crippen LogP contribution >= 0.6 is 0 Å². The summed E-state index contributed by atoms with van der Waals surface area (Å²) in [6, 6.07) is 5.96. The molecule has 0 bridgehead atoms. The highest BCUT2D eigenvalue weighted by Gasteiger charge is 2.23. The number of oxazole rings is 1. The van der Waals surface area contributed by atoms with Crippen LogP contribution in [0.5, 0.6) is 0 Å². The average Bonchev–Trinajstić information content (AvgIpc) is 2.90. The zero-order chi connectivity index (χ0) is 15.0. The van der Waals surface area contributed by atoms with Crippen LogP contribution in [-0.2, 0) is 0 Å². The van der Waals surface area contributed by atoms with Crippen molar-refractivity contribution in [3.8, 4) is 0 Å². The summed E-state index contributed by atoms with van der Waals surface area (Å²) in [5.41, 5.74) is 1.45. The summed E-state index contributed by atoms with van der Waals surface area (Å²) in [4.78, 5) is 19.8. The van der Waals surface area contributed by atoms with Gasteiger partial charge in [-0.1, -0.05) is 0 Å². The number of carbonyl (C=O) groups is 1. The van der Waals surface area contributed by atoms with Crippen molar-refractivity contribution >= 4 is 23.1 Å². The number of hydrogen-bond acceptors (Lipinski definition) is 5. The van der Waals surface area contributed by atoms with Gasteiger partial charge in [-0.25, -0.2) is 4.79 Å². The van der Waals surface area contributed by atoms with Gasteiger partial charge in [0.25, 0.3) is 6.01 Å². The molecule has 2 heterocycles. The van der Waals surface area contributed by atoms with E-state index in [-0.39, 0.29) is 5.56 Å². The van der Waals surface area contributed by atoms with Crippen molar-refractivity contribution in [2.45, 2.75) is 18.9 Å². The van der Waals surface area contributed by atoms with Crippen molar-refractivity contribution in [3.63, 3.8) is 0 Å². The molecule has 1 fully saturated rings. The predicted octanol–water partition coefficient (Wildman–Crippen LogP) is 2.06. The van der Waals surface area contributed by atoms with E-state index in [0.717, 1.165) is 25.9 Å². The summed E-state index contributed by atoms with van der Waals surface area (Å²) in [7, 11) is 4.21. The fourth-order valence-corrected chi connectivity index (χ4v) is 2.75. The third kappa shape index (κ3) is 2.71. The maximum absolute atomic E-state index is 11.0. The molecule has 0 unspecified atom stereocenters. The molecule has 0 aliphatic carbocycles. The standard InChI is InChI=1S/C15H19N3O3/c1-17(2)11-5-7-18(8-6-11)15-16-12-4-3-10(14(19)20)9-13(12)21-15/h3-4,9,11H,5-8H2,1-2H3,(H,19,20). The fraction of sp³-hybridized carbons (Fsp3) is 0.467. The minimum Gasteiger partial charge on any atom is -0.478 e. The molecular formula is C15H19N3O3. The highest BCUT2D eigenvalue weighted by atomic mass is 16.4. The van der Waals surface area contributed by atoms with Gasteiger partial charge in [0.15, 0.2) is 5.58 Å². The highest BCUT2D eigenvalue weighted by molar-refractivity contribution is 5.92. The average molecular weight is 289 g/mol. The molecule has 1 N–H and O–H groups in total. The van der Waals surface area contributed by atoms with E-state index < -0.39 is 5.97 Å². The molecule has 1 aromatic heterocycles. The van der Waals surface area contributed by atoms with Crippen LogP contribution in [0.25, 0.3) is 11.1 Å². The minimum absolute atomic E-state index is 0.219. The number of anilines is 1. The first kappa shape index (κ1) is 13.9. The Kier molecular flexibility index (Phi) is 3.55. The monoisotopic (exact) mass is 289 g/mol. The van der Waals surface area contributed by atoms with Crippen LogP contribution in [-0.4, -0.2) is 54.2 Å². The van der Waals surface area contributed by atoms with E-state index in [1.807, 2.05) is 0 Å². The fourth-order valence-electron chi connectivity index (χ4n) is 2.75. The summed E-state index contributed by atoms with van der Waals surface area (Å²) in [6.07, 6.45) is 2.15. The molecule has 112 valence electrons. The lowest BCUT2D eigenvalue weighted by Crippen LogP contribution is -2.42. The molecule has 1 aromatic carbocycles. The Morgan fingerprint density at radius 1 is 1.38 bits per heavy atom. The number of aromatic nitrogens is 1. The number of piperidine rings is 1. The molecule has 6 heteroatoms. The summed E-state index contributed by atoms with van der Waals surface area (Å²) in [5.74, 6) is -0.957. The molecule has 0 spiro atoms. The zero-order valence-electron chi connectivity index (χ0n) is 12.2. The number of carboxylic acid groups (broad SMARTS) is 1. The first-order valence-electron chi connectivity index (χ1n) is 7.10. The summed E-state index contributed by atoms with van der Waals surface area (Å²) < 4.78 is 5.73. The van der Waals surface area contributed by atoms with Crippen LogP contribution in [0.4, 0.5) is 6.01 Å². The molecule has 2 aromatic rings.